The molecule has 2 fully saturated rings. The highest BCUT2D eigenvalue weighted by atomic mass is 19.1. The van der Waals surface area contributed by atoms with Crippen molar-refractivity contribution in [2.24, 2.45) is 13.0 Å². The van der Waals surface area contributed by atoms with Crippen molar-refractivity contribution in [2.75, 3.05) is 58.9 Å². The highest BCUT2D eigenvalue weighted by Crippen LogP contribution is 2.39. The lowest BCUT2D eigenvalue weighted by molar-refractivity contribution is 0.0551. The van der Waals surface area contributed by atoms with E-state index in [1.54, 1.807) is 11.0 Å². The summed E-state index contributed by atoms with van der Waals surface area (Å²) in [6.45, 7) is 22.7. The fourth-order valence-corrected chi connectivity index (χ4v) is 7.34. The van der Waals surface area contributed by atoms with E-state index in [9.17, 15) is 9.18 Å². The van der Waals surface area contributed by atoms with Crippen LogP contribution in [0.15, 0.2) is 36.5 Å². The van der Waals surface area contributed by atoms with Gasteiger partial charge in [-0.2, -0.15) is 5.10 Å². The first kappa shape index (κ1) is 32.6. The van der Waals surface area contributed by atoms with Crippen LogP contribution in [0.2, 0.25) is 0 Å². The molecule has 0 spiro atoms. The van der Waals surface area contributed by atoms with Crippen LogP contribution in [0.1, 0.15) is 76.2 Å². The van der Waals surface area contributed by atoms with E-state index in [2.05, 4.69) is 52.7 Å². The van der Waals surface area contributed by atoms with Crippen molar-refractivity contribution in [3.63, 3.8) is 0 Å². The number of amides is 1. The quantitative estimate of drug-likeness (QED) is 0.250. The number of hydrogen-bond donors (Lipinski definition) is 0. The Morgan fingerprint density at radius 1 is 1.00 bits per heavy atom. The number of benzene rings is 2. The van der Waals surface area contributed by atoms with Gasteiger partial charge in [-0.05, 0) is 93.6 Å². The molecule has 0 saturated carbocycles. The van der Waals surface area contributed by atoms with E-state index < -0.39 is 5.82 Å². The number of piperazine rings is 1. The predicted molar refractivity (Wildman–Crippen MR) is 179 cm³/mol. The van der Waals surface area contributed by atoms with Gasteiger partial charge in [0.05, 0.1) is 17.3 Å². The minimum atomic E-state index is -0.395. The van der Waals surface area contributed by atoms with Gasteiger partial charge in [0.25, 0.3) is 5.91 Å². The largest absolute Gasteiger partial charge is 0.336 e. The smallest absolute Gasteiger partial charge is 0.254 e. The van der Waals surface area contributed by atoms with Crippen LogP contribution in [0.5, 0.6) is 0 Å². The van der Waals surface area contributed by atoms with Gasteiger partial charge >= 0.3 is 0 Å². The molecule has 7 nitrogen and oxygen atoms in total. The predicted octanol–water partition coefficient (Wildman–Crippen LogP) is 6.09. The van der Waals surface area contributed by atoms with E-state index in [0.717, 1.165) is 41.7 Å². The maximum absolute atomic E-state index is 14.6. The monoisotopic (exact) mass is 604 g/mol. The third-order valence-electron chi connectivity index (χ3n) is 10.1. The summed E-state index contributed by atoms with van der Waals surface area (Å²) < 4.78 is 16.5. The summed E-state index contributed by atoms with van der Waals surface area (Å²) in [6, 6.07) is 9.75. The fourth-order valence-electron chi connectivity index (χ4n) is 7.34. The van der Waals surface area contributed by atoms with E-state index in [0.29, 0.717) is 30.0 Å². The van der Waals surface area contributed by atoms with Crippen molar-refractivity contribution < 1.29 is 9.18 Å². The number of halogens is 1. The van der Waals surface area contributed by atoms with Crippen molar-refractivity contribution >= 4 is 16.8 Å². The Labute approximate surface area is 264 Å². The number of aromatic nitrogens is 2. The van der Waals surface area contributed by atoms with E-state index in [-0.39, 0.29) is 11.9 Å². The molecule has 8 heteroatoms. The van der Waals surface area contributed by atoms with Crippen LogP contribution in [0, 0.1) is 11.7 Å². The summed E-state index contributed by atoms with van der Waals surface area (Å²) in [4.78, 5) is 23.4. The second-order valence-corrected chi connectivity index (χ2v) is 13.5. The molecule has 0 radical (unpaired) electrons. The number of carbonyl (C=O) groups is 1. The lowest BCUT2D eigenvalue weighted by Crippen LogP contribution is -2.52. The third-order valence-corrected chi connectivity index (χ3v) is 10.1. The Kier molecular flexibility index (Phi) is 10.4. The molecular formula is C36H53FN6O. The van der Waals surface area contributed by atoms with Crippen molar-refractivity contribution in [3.05, 3.63) is 53.5 Å². The van der Waals surface area contributed by atoms with Crippen LogP contribution < -0.4 is 0 Å². The van der Waals surface area contributed by atoms with Gasteiger partial charge in [0.1, 0.15) is 5.82 Å². The molecule has 2 aliphatic rings. The SMILES string of the molecule is CCN1CCN(CCC[C@@H](C(C)C)N2CC(c3cc(-c4ccc(F)cc4C(=O)N(CC)C(C)C)c4cnn(C)c4c3)C2)CC1. The van der Waals surface area contributed by atoms with Crippen LogP contribution in [-0.4, -0.2) is 106 Å². The van der Waals surface area contributed by atoms with Crippen LogP contribution in [0.4, 0.5) is 4.39 Å². The zero-order chi connectivity index (χ0) is 31.5. The molecule has 0 N–H and O–H groups in total. The van der Waals surface area contributed by atoms with Crippen molar-refractivity contribution in [2.45, 2.75) is 72.4 Å². The first-order valence-electron chi connectivity index (χ1n) is 16.9. The Balaban J connectivity index is 1.35. The van der Waals surface area contributed by atoms with Crippen LogP contribution >= 0.6 is 0 Å². The van der Waals surface area contributed by atoms with Crippen molar-refractivity contribution in [1.82, 2.24) is 29.4 Å². The number of nitrogens with zero attached hydrogens (tertiary/aromatic N) is 6. The van der Waals surface area contributed by atoms with Gasteiger partial charge in [0.2, 0.25) is 0 Å². The second kappa shape index (κ2) is 14.1. The zero-order valence-electron chi connectivity index (χ0n) is 28.0. The third kappa shape index (κ3) is 6.87. The van der Waals surface area contributed by atoms with Crippen molar-refractivity contribution in [1.29, 1.82) is 0 Å². The summed E-state index contributed by atoms with van der Waals surface area (Å²) in [5, 5.41) is 5.56. The van der Waals surface area contributed by atoms with E-state index >= 15 is 0 Å². The number of fused-ring (bicyclic) bond motifs is 1. The average Bonchev–Trinajstić information content (AvgIpc) is 3.36. The molecule has 2 aliphatic heterocycles. The standard InChI is InChI=1S/C36H53FN6O/c1-8-40-15-17-41(18-16-40)14-10-11-34(25(3)4)42-23-28(24-42)27-19-31(33-22-38-39(7)35(33)20-27)30-13-12-29(37)21-32(30)36(44)43(9-2)26(5)6/h12-13,19-22,25-26,28,34H,8-11,14-18,23-24H2,1-7H3/t34-/m0/s1. The number of likely N-dealkylation sites (N-methyl/N-ethyl adjacent to an activating group) is 1. The lowest BCUT2D eigenvalue weighted by atomic mass is 9.84. The summed E-state index contributed by atoms with van der Waals surface area (Å²) >= 11 is 0. The topological polar surface area (TPSA) is 47.9 Å². The van der Waals surface area contributed by atoms with E-state index in [1.165, 1.54) is 63.3 Å². The summed E-state index contributed by atoms with van der Waals surface area (Å²) in [5.74, 6) is 0.492. The molecule has 0 unspecified atom stereocenters. The maximum Gasteiger partial charge on any atom is 0.254 e. The number of hydrogen-bond acceptors (Lipinski definition) is 5. The molecule has 1 amide bonds. The minimum absolute atomic E-state index is 0.0227. The second-order valence-electron chi connectivity index (χ2n) is 13.5. The molecule has 0 bridgehead atoms. The fraction of sp³-hybridized carbons (Fsp3) is 0.611. The van der Waals surface area contributed by atoms with Crippen molar-refractivity contribution in [3.8, 4) is 11.1 Å². The molecule has 44 heavy (non-hydrogen) atoms. The molecule has 0 aliphatic carbocycles. The first-order chi connectivity index (χ1) is 21.1. The average molecular weight is 605 g/mol. The highest BCUT2D eigenvalue weighted by Gasteiger charge is 2.35. The Hall–Kier alpha value is -2.81. The molecular weight excluding hydrogens is 551 g/mol. The maximum atomic E-state index is 14.6. The van der Waals surface area contributed by atoms with E-state index in [4.69, 9.17) is 0 Å². The molecule has 5 rings (SSSR count). The number of carbonyl (C=O) groups excluding carboxylic acids is 1. The minimum Gasteiger partial charge on any atom is -0.336 e. The van der Waals surface area contributed by atoms with Gasteiger partial charge in [0, 0.05) is 76.2 Å². The van der Waals surface area contributed by atoms with Crippen LogP contribution in [0.3, 0.4) is 0 Å². The zero-order valence-corrected chi connectivity index (χ0v) is 28.0. The molecule has 1 aromatic heterocycles. The summed E-state index contributed by atoms with van der Waals surface area (Å²) in [5.41, 5.74) is 4.44. The molecule has 2 saturated heterocycles. The highest BCUT2D eigenvalue weighted by molar-refractivity contribution is 6.05. The summed E-state index contributed by atoms with van der Waals surface area (Å²) in [7, 11) is 1.97. The van der Waals surface area contributed by atoms with Gasteiger partial charge < -0.3 is 14.7 Å². The number of likely N-dealkylation sites (tertiary alicyclic amines) is 1. The van der Waals surface area contributed by atoms with Crippen LogP contribution in [0.25, 0.3) is 22.0 Å². The van der Waals surface area contributed by atoms with Crippen LogP contribution in [-0.2, 0) is 7.05 Å². The summed E-state index contributed by atoms with van der Waals surface area (Å²) in [6.07, 6.45) is 4.35. The van der Waals surface area contributed by atoms with E-state index in [1.807, 2.05) is 38.7 Å². The molecule has 1 atom stereocenters. The lowest BCUT2D eigenvalue weighted by Gasteiger charge is -2.46. The molecule has 2 aromatic carbocycles. The molecule has 240 valence electrons. The van der Waals surface area contributed by atoms with Gasteiger partial charge in [-0.1, -0.05) is 26.8 Å². The van der Waals surface area contributed by atoms with Gasteiger partial charge in [-0.3, -0.25) is 14.4 Å². The van der Waals surface area contributed by atoms with Gasteiger partial charge in [-0.25, -0.2) is 4.39 Å². The Morgan fingerprint density at radius 2 is 1.70 bits per heavy atom. The first-order valence-corrected chi connectivity index (χ1v) is 16.9. The normalized spacial score (nSPS) is 18.0. The Bertz CT molecular complexity index is 1420. The van der Waals surface area contributed by atoms with Gasteiger partial charge in [-0.15, -0.1) is 0 Å². The molecule has 3 aromatic rings. The van der Waals surface area contributed by atoms with Gasteiger partial charge in [0.15, 0.2) is 0 Å². The number of aryl methyl sites for hydroxylation is 1. The number of rotatable bonds is 12. The Morgan fingerprint density at radius 3 is 2.34 bits per heavy atom. The molecule has 3 heterocycles.